The SMILES string of the molecule is COc1ccccc1CC(=O)N1CCCN(c2cc(-c3ccc(F)cc3)[nH]n2)CC1. The summed E-state index contributed by atoms with van der Waals surface area (Å²) in [6.07, 6.45) is 1.21. The Balaban J connectivity index is 1.39. The number of halogens is 1. The molecule has 1 fully saturated rings. The van der Waals surface area contributed by atoms with Crippen molar-refractivity contribution in [3.63, 3.8) is 0 Å². The predicted octanol–water partition coefficient (Wildman–Crippen LogP) is 3.51. The van der Waals surface area contributed by atoms with Gasteiger partial charge in [0.25, 0.3) is 0 Å². The van der Waals surface area contributed by atoms with Crippen molar-refractivity contribution in [3.8, 4) is 17.0 Å². The van der Waals surface area contributed by atoms with Gasteiger partial charge < -0.3 is 14.5 Å². The number of nitrogens with one attached hydrogen (secondary N) is 1. The number of anilines is 1. The van der Waals surface area contributed by atoms with Crippen molar-refractivity contribution >= 4 is 11.7 Å². The second-order valence-electron chi connectivity index (χ2n) is 7.36. The lowest BCUT2D eigenvalue weighted by atomic mass is 10.1. The molecule has 0 radical (unpaired) electrons. The van der Waals surface area contributed by atoms with E-state index in [9.17, 15) is 9.18 Å². The van der Waals surface area contributed by atoms with E-state index in [-0.39, 0.29) is 11.7 Å². The highest BCUT2D eigenvalue weighted by atomic mass is 19.1. The Kier molecular flexibility index (Phi) is 5.97. The van der Waals surface area contributed by atoms with Crippen LogP contribution in [0.25, 0.3) is 11.3 Å². The van der Waals surface area contributed by atoms with E-state index in [1.807, 2.05) is 35.2 Å². The molecule has 1 N–H and O–H groups in total. The molecule has 0 unspecified atom stereocenters. The third kappa shape index (κ3) is 4.45. The Bertz CT molecular complexity index is 1000. The number of amides is 1. The molecule has 0 spiro atoms. The molecule has 6 nitrogen and oxygen atoms in total. The summed E-state index contributed by atoms with van der Waals surface area (Å²) in [5.41, 5.74) is 2.64. The zero-order valence-corrected chi connectivity index (χ0v) is 17.0. The van der Waals surface area contributed by atoms with Crippen molar-refractivity contribution in [1.29, 1.82) is 0 Å². The number of H-pyrrole nitrogens is 1. The van der Waals surface area contributed by atoms with E-state index in [1.54, 1.807) is 19.2 Å². The number of hydrogen-bond donors (Lipinski definition) is 1. The molecule has 1 saturated heterocycles. The van der Waals surface area contributed by atoms with Gasteiger partial charge in [0.15, 0.2) is 5.82 Å². The van der Waals surface area contributed by atoms with Crippen molar-refractivity contribution < 1.29 is 13.9 Å². The van der Waals surface area contributed by atoms with Crippen LogP contribution in [0.3, 0.4) is 0 Å². The number of carbonyl (C=O) groups excluding carboxylic acids is 1. The smallest absolute Gasteiger partial charge is 0.227 e. The van der Waals surface area contributed by atoms with Gasteiger partial charge in [-0.2, -0.15) is 5.10 Å². The maximum Gasteiger partial charge on any atom is 0.227 e. The van der Waals surface area contributed by atoms with Crippen molar-refractivity contribution in [2.75, 3.05) is 38.2 Å². The number of carbonyl (C=O) groups is 1. The zero-order valence-electron chi connectivity index (χ0n) is 17.0. The monoisotopic (exact) mass is 408 g/mol. The summed E-state index contributed by atoms with van der Waals surface area (Å²) in [5, 5.41) is 7.46. The van der Waals surface area contributed by atoms with E-state index in [0.29, 0.717) is 19.5 Å². The molecule has 0 saturated carbocycles. The van der Waals surface area contributed by atoms with E-state index < -0.39 is 0 Å². The highest BCUT2D eigenvalue weighted by Crippen LogP contribution is 2.23. The molecular weight excluding hydrogens is 383 g/mol. The van der Waals surface area contributed by atoms with Gasteiger partial charge in [-0.15, -0.1) is 0 Å². The molecule has 30 heavy (non-hydrogen) atoms. The summed E-state index contributed by atoms with van der Waals surface area (Å²) < 4.78 is 18.5. The first kappa shape index (κ1) is 19.9. The van der Waals surface area contributed by atoms with Gasteiger partial charge in [-0.05, 0) is 42.3 Å². The molecular formula is C23H25FN4O2. The largest absolute Gasteiger partial charge is 0.496 e. The molecule has 7 heteroatoms. The fraction of sp³-hybridized carbons (Fsp3) is 0.304. The van der Waals surface area contributed by atoms with Gasteiger partial charge in [0.05, 0.1) is 19.2 Å². The van der Waals surface area contributed by atoms with Gasteiger partial charge in [0, 0.05) is 37.8 Å². The van der Waals surface area contributed by atoms with E-state index in [0.717, 1.165) is 47.9 Å². The third-order valence-corrected chi connectivity index (χ3v) is 5.43. The number of para-hydroxylation sites is 1. The first-order valence-electron chi connectivity index (χ1n) is 10.1. The Morgan fingerprint density at radius 2 is 1.90 bits per heavy atom. The molecule has 1 aliphatic rings. The van der Waals surface area contributed by atoms with Gasteiger partial charge in [-0.3, -0.25) is 9.89 Å². The summed E-state index contributed by atoms with van der Waals surface area (Å²) in [6.45, 7) is 2.91. The first-order chi connectivity index (χ1) is 14.6. The molecule has 0 atom stereocenters. The van der Waals surface area contributed by atoms with E-state index in [4.69, 9.17) is 4.74 Å². The fourth-order valence-electron chi connectivity index (χ4n) is 3.77. The van der Waals surface area contributed by atoms with Gasteiger partial charge in [0.1, 0.15) is 11.6 Å². The highest BCUT2D eigenvalue weighted by molar-refractivity contribution is 5.79. The van der Waals surface area contributed by atoms with Crippen LogP contribution in [0.1, 0.15) is 12.0 Å². The zero-order chi connectivity index (χ0) is 20.9. The quantitative estimate of drug-likeness (QED) is 0.702. The topological polar surface area (TPSA) is 61.5 Å². The average Bonchev–Trinajstić information content (AvgIpc) is 3.12. The number of ether oxygens (including phenoxy) is 1. The number of benzene rings is 2. The lowest BCUT2D eigenvalue weighted by Crippen LogP contribution is -2.36. The molecule has 2 aromatic carbocycles. The van der Waals surface area contributed by atoms with Crippen molar-refractivity contribution in [2.45, 2.75) is 12.8 Å². The van der Waals surface area contributed by atoms with Crippen LogP contribution in [0.4, 0.5) is 10.2 Å². The van der Waals surface area contributed by atoms with Crippen LogP contribution in [0.2, 0.25) is 0 Å². The highest BCUT2D eigenvalue weighted by Gasteiger charge is 2.21. The lowest BCUT2D eigenvalue weighted by Gasteiger charge is -2.22. The molecule has 1 aromatic heterocycles. The van der Waals surface area contributed by atoms with Crippen LogP contribution in [0, 0.1) is 5.82 Å². The van der Waals surface area contributed by atoms with Gasteiger partial charge >= 0.3 is 0 Å². The fourth-order valence-corrected chi connectivity index (χ4v) is 3.77. The normalized spacial score (nSPS) is 14.5. The van der Waals surface area contributed by atoms with E-state index in [1.165, 1.54) is 12.1 Å². The van der Waals surface area contributed by atoms with Crippen LogP contribution in [0.5, 0.6) is 5.75 Å². The molecule has 0 aliphatic carbocycles. The van der Waals surface area contributed by atoms with Gasteiger partial charge in [-0.1, -0.05) is 18.2 Å². The van der Waals surface area contributed by atoms with Gasteiger partial charge in [-0.25, -0.2) is 4.39 Å². The van der Waals surface area contributed by atoms with Crippen LogP contribution >= 0.6 is 0 Å². The van der Waals surface area contributed by atoms with E-state index in [2.05, 4.69) is 15.1 Å². The molecule has 0 bridgehead atoms. The van der Waals surface area contributed by atoms with E-state index >= 15 is 0 Å². The molecule has 3 aromatic rings. The maximum absolute atomic E-state index is 13.2. The van der Waals surface area contributed by atoms with Crippen LogP contribution < -0.4 is 9.64 Å². The van der Waals surface area contributed by atoms with Crippen molar-refractivity contribution in [1.82, 2.24) is 15.1 Å². The standard InChI is InChI=1S/C23H25FN4O2/c1-30-21-6-3-2-5-18(21)15-23(29)28-12-4-11-27(13-14-28)22-16-20(25-26-22)17-7-9-19(24)10-8-17/h2-3,5-10,16H,4,11-15H2,1H3,(H,25,26). The molecule has 4 rings (SSSR count). The Hall–Kier alpha value is -3.35. The molecule has 2 heterocycles. The summed E-state index contributed by atoms with van der Waals surface area (Å²) in [5.74, 6) is 1.43. The minimum Gasteiger partial charge on any atom is -0.496 e. The Morgan fingerprint density at radius 3 is 2.70 bits per heavy atom. The summed E-state index contributed by atoms with van der Waals surface area (Å²) in [7, 11) is 1.62. The van der Waals surface area contributed by atoms with Crippen LogP contribution in [-0.2, 0) is 11.2 Å². The first-order valence-corrected chi connectivity index (χ1v) is 10.1. The molecule has 1 aliphatic heterocycles. The van der Waals surface area contributed by atoms with Gasteiger partial charge in [0.2, 0.25) is 5.91 Å². The minimum absolute atomic E-state index is 0.107. The second-order valence-corrected chi connectivity index (χ2v) is 7.36. The summed E-state index contributed by atoms with van der Waals surface area (Å²) >= 11 is 0. The Morgan fingerprint density at radius 1 is 1.10 bits per heavy atom. The maximum atomic E-state index is 13.2. The Labute approximate surface area is 175 Å². The minimum atomic E-state index is -0.260. The van der Waals surface area contributed by atoms with Crippen LogP contribution in [-0.4, -0.2) is 54.3 Å². The summed E-state index contributed by atoms with van der Waals surface area (Å²) in [6, 6.07) is 15.9. The number of methoxy groups -OCH3 is 1. The number of nitrogens with zero attached hydrogens (tertiary/aromatic N) is 3. The predicted molar refractivity (Wildman–Crippen MR) is 114 cm³/mol. The lowest BCUT2D eigenvalue weighted by molar-refractivity contribution is -0.130. The molecule has 156 valence electrons. The average molecular weight is 408 g/mol. The number of aromatic amines is 1. The second kappa shape index (κ2) is 8.98. The third-order valence-electron chi connectivity index (χ3n) is 5.43. The van der Waals surface area contributed by atoms with Crippen LogP contribution in [0.15, 0.2) is 54.6 Å². The number of aromatic nitrogens is 2. The van der Waals surface area contributed by atoms with Crippen molar-refractivity contribution in [2.24, 2.45) is 0 Å². The number of hydrogen-bond acceptors (Lipinski definition) is 4. The number of rotatable bonds is 5. The molecule has 1 amide bonds. The summed E-state index contributed by atoms with van der Waals surface area (Å²) in [4.78, 5) is 16.9. The van der Waals surface area contributed by atoms with Crippen molar-refractivity contribution in [3.05, 3.63) is 66.0 Å².